The first kappa shape index (κ1) is 12.0. The van der Waals surface area contributed by atoms with Gasteiger partial charge in [-0.15, -0.1) is 0 Å². The van der Waals surface area contributed by atoms with Gasteiger partial charge in [-0.05, 0) is 17.7 Å². The molecule has 2 aromatic rings. The number of nitrogens with two attached hydrogens (primary N) is 1. The summed E-state index contributed by atoms with van der Waals surface area (Å²) in [4.78, 5) is 10.9. The van der Waals surface area contributed by atoms with Crippen LogP contribution >= 0.6 is 0 Å². The van der Waals surface area contributed by atoms with Gasteiger partial charge in [0.05, 0.1) is 16.9 Å². The van der Waals surface area contributed by atoms with Crippen LogP contribution < -0.4 is 11.1 Å². The number of carboxylic acids is 1. The van der Waals surface area contributed by atoms with Crippen LogP contribution in [-0.4, -0.2) is 11.1 Å². The first-order chi connectivity index (χ1) is 8.68. The number of nitrogen functional groups attached to an aromatic ring is 1. The Labute approximate surface area is 105 Å². The molecule has 18 heavy (non-hydrogen) atoms. The summed E-state index contributed by atoms with van der Waals surface area (Å²) in [6.45, 7) is 0.605. The van der Waals surface area contributed by atoms with Crippen molar-refractivity contribution in [1.82, 2.24) is 0 Å². The standard InChI is InChI=1S/C14H14N2O2/c15-13-11(14(17)18)7-4-8-12(13)16-9-10-5-2-1-3-6-10/h1-8,16H,9,15H2,(H,17,18). The topological polar surface area (TPSA) is 75.3 Å². The molecule has 0 fully saturated rings. The Kier molecular flexibility index (Phi) is 3.48. The maximum Gasteiger partial charge on any atom is 0.337 e. The number of hydrogen-bond acceptors (Lipinski definition) is 3. The van der Waals surface area contributed by atoms with Crippen molar-refractivity contribution in [2.45, 2.75) is 6.54 Å². The molecule has 0 aliphatic heterocycles. The van der Waals surface area contributed by atoms with Gasteiger partial charge < -0.3 is 16.2 Å². The van der Waals surface area contributed by atoms with Crippen molar-refractivity contribution in [3.8, 4) is 0 Å². The molecule has 0 atom stereocenters. The van der Waals surface area contributed by atoms with E-state index in [2.05, 4.69) is 5.32 Å². The fourth-order valence-electron chi connectivity index (χ4n) is 1.70. The molecule has 0 aliphatic carbocycles. The lowest BCUT2D eigenvalue weighted by Gasteiger charge is -2.11. The van der Waals surface area contributed by atoms with Gasteiger partial charge in [0, 0.05) is 6.54 Å². The van der Waals surface area contributed by atoms with E-state index in [1.54, 1.807) is 12.1 Å². The molecule has 4 nitrogen and oxygen atoms in total. The molecular formula is C14H14N2O2. The van der Waals surface area contributed by atoms with E-state index >= 15 is 0 Å². The van der Waals surface area contributed by atoms with Crippen LogP contribution in [-0.2, 0) is 6.54 Å². The number of carboxylic acid groups (broad SMARTS) is 1. The zero-order chi connectivity index (χ0) is 13.0. The Bertz CT molecular complexity index is 553. The fraction of sp³-hybridized carbons (Fsp3) is 0.0714. The fourth-order valence-corrected chi connectivity index (χ4v) is 1.70. The van der Waals surface area contributed by atoms with Crippen LogP contribution in [0.4, 0.5) is 11.4 Å². The summed E-state index contributed by atoms with van der Waals surface area (Å²) in [6.07, 6.45) is 0. The lowest BCUT2D eigenvalue weighted by atomic mass is 10.1. The molecule has 0 heterocycles. The highest BCUT2D eigenvalue weighted by Gasteiger charge is 2.10. The molecule has 0 unspecified atom stereocenters. The number of aromatic carboxylic acids is 1. The predicted molar refractivity (Wildman–Crippen MR) is 71.6 cm³/mol. The minimum absolute atomic E-state index is 0.119. The van der Waals surface area contributed by atoms with Crippen molar-refractivity contribution in [2.75, 3.05) is 11.1 Å². The van der Waals surface area contributed by atoms with Crippen molar-refractivity contribution >= 4 is 17.3 Å². The molecule has 4 N–H and O–H groups in total. The van der Waals surface area contributed by atoms with Gasteiger partial charge >= 0.3 is 5.97 Å². The second-order valence-electron chi connectivity index (χ2n) is 3.91. The van der Waals surface area contributed by atoms with Crippen LogP contribution in [0.2, 0.25) is 0 Å². The molecular weight excluding hydrogens is 228 g/mol. The molecule has 0 saturated carbocycles. The highest BCUT2D eigenvalue weighted by Crippen LogP contribution is 2.23. The number of carbonyl (C=O) groups is 1. The highest BCUT2D eigenvalue weighted by atomic mass is 16.4. The maximum atomic E-state index is 10.9. The van der Waals surface area contributed by atoms with E-state index in [1.807, 2.05) is 30.3 Å². The van der Waals surface area contributed by atoms with Crippen molar-refractivity contribution < 1.29 is 9.90 Å². The van der Waals surface area contributed by atoms with Crippen LogP contribution in [0.15, 0.2) is 48.5 Å². The summed E-state index contributed by atoms with van der Waals surface area (Å²) in [5.74, 6) is -1.02. The van der Waals surface area contributed by atoms with E-state index in [0.29, 0.717) is 12.2 Å². The van der Waals surface area contributed by atoms with E-state index in [9.17, 15) is 4.79 Å². The van der Waals surface area contributed by atoms with E-state index in [-0.39, 0.29) is 11.3 Å². The third-order valence-electron chi connectivity index (χ3n) is 2.66. The number of nitrogens with one attached hydrogen (secondary N) is 1. The lowest BCUT2D eigenvalue weighted by Crippen LogP contribution is -2.07. The molecule has 0 radical (unpaired) electrons. The van der Waals surface area contributed by atoms with Gasteiger partial charge in [-0.2, -0.15) is 0 Å². The zero-order valence-electron chi connectivity index (χ0n) is 9.76. The Hall–Kier alpha value is -2.49. The number of benzene rings is 2. The second kappa shape index (κ2) is 5.23. The summed E-state index contributed by atoms with van der Waals surface area (Å²) >= 11 is 0. The molecule has 0 aromatic heterocycles. The Morgan fingerprint density at radius 1 is 1.11 bits per heavy atom. The van der Waals surface area contributed by atoms with Gasteiger partial charge in [-0.1, -0.05) is 36.4 Å². The van der Waals surface area contributed by atoms with Crippen molar-refractivity contribution in [2.24, 2.45) is 0 Å². The summed E-state index contributed by atoms with van der Waals surface area (Å²) in [5.41, 5.74) is 7.94. The molecule has 2 rings (SSSR count). The van der Waals surface area contributed by atoms with Crippen LogP contribution in [0, 0.1) is 0 Å². The van der Waals surface area contributed by atoms with E-state index in [1.165, 1.54) is 6.07 Å². The summed E-state index contributed by atoms with van der Waals surface area (Å²) in [6, 6.07) is 14.8. The second-order valence-corrected chi connectivity index (χ2v) is 3.91. The van der Waals surface area contributed by atoms with Crippen molar-refractivity contribution in [1.29, 1.82) is 0 Å². The van der Waals surface area contributed by atoms with E-state index < -0.39 is 5.97 Å². The Morgan fingerprint density at radius 2 is 1.83 bits per heavy atom. The molecule has 2 aromatic carbocycles. The van der Waals surface area contributed by atoms with E-state index in [4.69, 9.17) is 10.8 Å². The van der Waals surface area contributed by atoms with Crippen LogP contribution in [0.25, 0.3) is 0 Å². The quantitative estimate of drug-likeness (QED) is 0.720. The zero-order valence-corrected chi connectivity index (χ0v) is 9.76. The number of rotatable bonds is 4. The van der Waals surface area contributed by atoms with Crippen LogP contribution in [0.5, 0.6) is 0 Å². The smallest absolute Gasteiger partial charge is 0.337 e. The molecule has 0 aliphatic rings. The maximum absolute atomic E-state index is 10.9. The van der Waals surface area contributed by atoms with Crippen LogP contribution in [0.1, 0.15) is 15.9 Å². The Balaban J connectivity index is 2.15. The minimum atomic E-state index is -1.02. The van der Waals surface area contributed by atoms with Gasteiger partial charge in [0.2, 0.25) is 0 Å². The normalized spacial score (nSPS) is 10.0. The molecule has 0 bridgehead atoms. The van der Waals surface area contributed by atoms with Gasteiger partial charge in [0.25, 0.3) is 0 Å². The third kappa shape index (κ3) is 2.60. The number of para-hydroxylation sites is 1. The summed E-state index contributed by atoms with van der Waals surface area (Å²) in [5, 5.41) is 12.1. The average Bonchev–Trinajstić information content (AvgIpc) is 2.38. The molecule has 0 saturated heterocycles. The third-order valence-corrected chi connectivity index (χ3v) is 2.66. The number of hydrogen-bond donors (Lipinski definition) is 3. The molecule has 4 heteroatoms. The lowest BCUT2D eigenvalue weighted by molar-refractivity contribution is 0.0698. The minimum Gasteiger partial charge on any atom is -0.478 e. The van der Waals surface area contributed by atoms with Crippen molar-refractivity contribution in [3.63, 3.8) is 0 Å². The summed E-state index contributed by atoms with van der Waals surface area (Å²) in [7, 11) is 0. The largest absolute Gasteiger partial charge is 0.478 e. The summed E-state index contributed by atoms with van der Waals surface area (Å²) < 4.78 is 0. The average molecular weight is 242 g/mol. The van der Waals surface area contributed by atoms with Gasteiger partial charge in [0.15, 0.2) is 0 Å². The SMILES string of the molecule is Nc1c(NCc2ccccc2)cccc1C(=O)O. The van der Waals surface area contributed by atoms with Crippen molar-refractivity contribution in [3.05, 3.63) is 59.7 Å². The Morgan fingerprint density at radius 3 is 2.50 bits per heavy atom. The van der Waals surface area contributed by atoms with Gasteiger partial charge in [0.1, 0.15) is 0 Å². The van der Waals surface area contributed by atoms with E-state index in [0.717, 1.165) is 5.56 Å². The number of anilines is 2. The molecule has 0 amide bonds. The first-order valence-electron chi connectivity index (χ1n) is 5.58. The van der Waals surface area contributed by atoms with Gasteiger partial charge in [-0.25, -0.2) is 4.79 Å². The molecule has 92 valence electrons. The monoisotopic (exact) mass is 242 g/mol. The predicted octanol–water partition coefficient (Wildman–Crippen LogP) is 2.58. The first-order valence-corrected chi connectivity index (χ1v) is 5.58. The van der Waals surface area contributed by atoms with Crippen LogP contribution in [0.3, 0.4) is 0 Å². The molecule has 0 spiro atoms. The highest BCUT2D eigenvalue weighted by molar-refractivity contribution is 5.97. The van der Waals surface area contributed by atoms with Gasteiger partial charge in [-0.3, -0.25) is 0 Å².